The van der Waals surface area contributed by atoms with Gasteiger partial charge in [-0.25, -0.2) is 4.98 Å². The zero-order valence-corrected chi connectivity index (χ0v) is 19.4. The number of nitrogens with zero attached hydrogens (tertiary/aromatic N) is 2. The van der Waals surface area contributed by atoms with Crippen LogP contribution in [0.2, 0.25) is 0 Å². The van der Waals surface area contributed by atoms with Crippen molar-refractivity contribution in [1.29, 1.82) is 0 Å². The molecule has 7 nitrogen and oxygen atoms in total. The van der Waals surface area contributed by atoms with E-state index in [2.05, 4.69) is 15.6 Å². The van der Waals surface area contributed by atoms with Gasteiger partial charge in [0.2, 0.25) is 5.95 Å². The van der Waals surface area contributed by atoms with Gasteiger partial charge in [-0.05, 0) is 62.2 Å². The summed E-state index contributed by atoms with van der Waals surface area (Å²) in [7, 11) is 0. The van der Waals surface area contributed by atoms with Crippen LogP contribution in [0.15, 0.2) is 72.8 Å². The number of amides is 2. The minimum Gasteiger partial charge on any atom is -0.382 e. The third-order valence-corrected chi connectivity index (χ3v) is 5.54. The molecule has 4 aromatic rings. The first kappa shape index (κ1) is 23.2. The Kier molecular flexibility index (Phi) is 7.34. The predicted molar refractivity (Wildman–Crippen MR) is 134 cm³/mol. The second kappa shape index (κ2) is 10.8. The number of carbonyl (C=O) groups is 2. The molecule has 1 heterocycles. The summed E-state index contributed by atoms with van der Waals surface area (Å²) in [5.74, 6) is -0.0351. The number of rotatable bonds is 9. The first-order chi connectivity index (χ1) is 16.6. The van der Waals surface area contributed by atoms with Gasteiger partial charge in [-0.3, -0.25) is 14.9 Å². The van der Waals surface area contributed by atoms with E-state index in [1.807, 2.05) is 66.9 Å². The quantitative estimate of drug-likeness (QED) is 0.336. The highest BCUT2D eigenvalue weighted by atomic mass is 16.5. The molecular formula is C27H28N4O3. The molecule has 0 aliphatic carbocycles. The van der Waals surface area contributed by atoms with Crippen LogP contribution in [0.5, 0.6) is 0 Å². The highest BCUT2D eigenvalue weighted by Crippen LogP contribution is 2.22. The maximum Gasteiger partial charge on any atom is 0.258 e. The van der Waals surface area contributed by atoms with E-state index in [0.29, 0.717) is 42.5 Å². The minimum absolute atomic E-state index is 0.225. The van der Waals surface area contributed by atoms with Crippen molar-refractivity contribution >= 4 is 34.5 Å². The van der Waals surface area contributed by atoms with Crippen LogP contribution in [-0.4, -0.2) is 34.6 Å². The minimum atomic E-state index is -0.295. The van der Waals surface area contributed by atoms with E-state index in [1.165, 1.54) is 0 Å². The standard InChI is InChI=1S/C27H28N4O3/c1-3-34-17-9-16-31-24-13-8-7-12-22(24)29-27(31)30-26(33)21-15-14-19(2)23(18-21)28-25(32)20-10-5-4-6-11-20/h4-8,10-15,18H,3,9,16-17H2,1-2H3,(H,28,32)(H,29,30,33). The topological polar surface area (TPSA) is 85.2 Å². The molecule has 34 heavy (non-hydrogen) atoms. The molecule has 0 spiro atoms. The monoisotopic (exact) mass is 456 g/mol. The second-order valence-electron chi connectivity index (χ2n) is 7.93. The Balaban J connectivity index is 1.55. The number of anilines is 2. The number of benzene rings is 3. The van der Waals surface area contributed by atoms with Crippen LogP contribution in [0.1, 0.15) is 39.6 Å². The van der Waals surface area contributed by atoms with Crippen molar-refractivity contribution in [2.75, 3.05) is 23.8 Å². The summed E-state index contributed by atoms with van der Waals surface area (Å²) in [5.41, 5.74) is 4.21. The van der Waals surface area contributed by atoms with Crippen molar-refractivity contribution in [2.45, 2.75) is 26.8 Å². The maximum atomic E-state index is 13.1. The Morgan fingerprint density at radius 2 is 1.65 bits per heavy atom. The lowest BCUT2D eigenvalue weighted by molar-refractivity contribution is 0.101. The summed E-state index contributed by atoms with van der Waals surface area (Å²) >= 11 is 0. The van der Waals surface area contributed by atoms with E-state index in [1.54, 1.807) is 24.3 Å². The first-order valence-electron chi connectivity index (χ1n) is 11.4. The van der Waals surface area contributed by atoms with Crippen LogP contribution in [0.25, 0.3) is 11.0 Å². The van der Waals surface area contributed by atoms with E-state index in [4.69, 9.17) is 4.74 Å². The highest BCUT2D eigenvalue weighted by Gasteiger charge is 2.16. The molecular weight excluding hydrogens is 428 g/mol. The van der Waals surface area contributed by atoms with Gasteiger partial charge < -0.3 is 14.6 Å². The first-order valence-corrected chi connectivity index (χ1v) is 11.4. The Morgan fingerprint density at radius 1 is 0.912 bits per heavy atom. The zero-order valence-electron chi connectivity index (χ0n) is 19.4. The summed E-state index contributed by atoms with van der Waals surface area (Å²) in [4.78, 5) is 30.4. The third kappa shape index (κ3) is 5.32. The predicted octanol–water partition coefficient (Wildman–Crippen LogP) is 5.28. The Bertz CT molecular complexity index is 1300. The molecule has 0 radical (unpaired) electrons. The number of para-hydroxylation sites is 2. The van der Waals surface area contributed by atoms with Crippen molar-refractivity contribution in [3.05, 3.63) is 89.5 Å². The van der Waals surface area contributed by atoms with Gasteiger partial charge in [0.1, 0.15) is 0 Å². The summed E-state index contributed by atoms with van der Waals surface area (Å²) in [6.45, 7) is 5.84. The molecule has 0 aliphatic rings. The Hall–Kier alpha value is -3.97. The fourth-order valence-electron chi connectivity index (χ4n) is 3.72. The molecule has 2 N–H and O–H groups in total. The zero-order chi connectivity index (χ0) is 23.9. The Labute approximate surface area is 198 Å². The van der Waals surface area contributed by atoms with Crippen LogP contribution in [0.4, 0.5) is 11.6 Å². The van der Waals surface area contributed by atoms with Crippen molar-refractivity contribution in [2.24, 2.45) is 0 Å². The number of hydrogen-bond acceptors (Lipinski definition) is 4. The van der Waals surface area contributed by atoms with Gasteiger partial charge in [0, 0.05) is 36.6 Å². The SMILES string of the molecule is CCOCCCn1c(NC(=O)c2ccc(C)c(NC(=O)c3ccccc3)c2)nc2ccccc21. The number of aryl methyl sites for hydroxylation is 2. The molecule has 7 heteroatoms. The molecule has 0 unspecified atom stereocenters. The van der Waals surface area contributed by atoms with Gasteiger partial charge in [-0.1, -0.05) is 36.4 Å². The summed E-state index contributed by atoms with van der Waals surface area (Å²) in [6, 6.07) is 22.0. The van der Waals surface area contributed by atoms with E-state index in [-0.39, 0.29) is 11.8 Å². The molecule has 0 aliphatic heterocycles. The van der Waals surface area contributed by atoms with E-state index >= 15 is 0 Å². The van der Waals surface area contributed by atoms with E-state index in [9.17, 15) is 9.59 Å². The smallest absolute Gasteiger partial charge is 0.258 e. The van der Waals surface area contributed by atoms with Crippen molar-refractivity contribution in [3.8, 4) is 0 Å². The lowest BCUT2D eigenvalue weighted by Gasteiger charge is -2.12. The summed E-state index contributed by atoms with van der Waals surface area (Å²) in [5, 5.41) is 5.85. The van der Waals surface area contributed by atoms with Crippen molar-refractivity contribution in [3.63, 3.8) is 0 Å². The normalized spacial score (nSPS) is 10.9. The van der Waals surface area contributed by atoms with Gasteiger partial charge in [-0.15, -0.1) is 0 Å². The summed E-state index contributed by atoms with van der Waals surface area (Å²) < 4.78 is 7.47. The van der Waals surface area contributed by atoms with Crippen LogP contribution < -0.4 is 10.6 Å². The maximum absolute atomic E-state index is 13.1. The number of carbonyl (C=O) groups excluding carboxylic acids is 2. The summed E-state index contributed by atoms with van der Waals surface area (Å²) in [6.07, 6.45) is 0.803. The van der Waals surface area contributed by atoms with Crippen molar-refractivity contribution in [1.82, 2.24) is 9.55 Å². The van der Waals surface area contributed by atoms with Crippen LogP contribution in [0, 0.1) is 6.92 Å². The van der Waals surface area contributed by atoms with Crippen molar-refractivity contribution < 1.29 is 14.3 Å². The molecule has 0 fully saturated rings. The third-order valence-electron chi connectivity index (χ3n) is 5.54. The van der Waals surface area contributed by atoms with Gasteiger partial charge in [-0.2, -0.15) is 0 Å². The van der Waals surface area contributed by atoms with Gasteiger partial charge >= 0.3 is 0 Å². The molecule has 0 bridgehead atoms. The molecule has 0 saturated heterocycles. The molecule has 174 valence electrons. The number of fused-ring (bicyclic) bond motifs is 1. The molecule has 3 aromatic carbocycles. The Morgan fingerprint density at radius 3 is 2.44 bits per heavy atom. The van der Waals surface area contributed by atoms with Gasteiger partial charge in [0.05, 0.1) is 11.0 Å². The second-order valence-corrected chi connectivity index (χ2v) is 7.93. The van der Waals surface area contributed by atoms with E-state index in [0.717, 1.165) is 23.0 Å². The van der Waals surface area contributed by atoms with Crippen LogP contribution in [-0.2, 0) is 11.3 Å². The average molecular weight is 457 g/mol. The molecule has 1 aromatic heterocycles. The number of nitrogens with one attached hydrogen (secondary N) is 2. The van der Waals surface area contributed by atoms with Gasteiger partial charge in [0.15, 0.2) is 0 Å². The number of ether oxygens (including phenoxy) is 1. The number of hydrogen-bond donors (Lipinski definition) is 2. The molecule has 4 rings (SSSR count). The lowest BCUT2D eigenvalue weighted by Crippen LogP contribution is -2.18. The molecule has 0 atom stereocenters. The lowest BCUT2D eigenvalue weighted by atomic mass is 10.1. The number of imidazole rings is 1. The van der Waals surface area contributed by atoms with Crippen LogP contribution >= 0.6 is 0 Å². The molecule has 2 amide bonds. The highest BCUT2D eigenvalue weighted by molar-refractivity contribution is 6.07. The fraction of sp³-hybridized carbons (Fsp3) is 0.222. The number of aromatic nitrogens is 2. The van der Waals surface area contributed by atoms with Gasteiger partial charge in [0.25, 0.3) is 11.8 Å². The largest absolute Gasteiger partial charge is 0.382 e. The van der Waals surface area contributed by atoms with E-state index < -0.39 is 0 Å². The molecule has 0 saturated carbocycles. The fourth-order valence-corrected chi connectivity index (χ4v) is 3.72. The van der Waals surface area contributed by atoms with Crippen LogP contribution in [0.3, 0.4) is 0 Å². The average Bonchev–Trinajstić information content (AvgIpc) is 3.20.